The number of piperidine rings is 1. The summed E-state index contributed by atoms with van der Waals surface area (Å²) in [5, 5.41) is 0. The van der Waals surface area contributed by atoms with Gasteiger partial charge in [0, 0.05) is 12.5 Å². The van der Waals surface area contributed by atoms with E-state index in [2.05, 4.69) is 20.8 Å². The summed E-state index contributed by atoms with van der Waals surface area (Å²) in [7, 11) is 0. The molecule has 0 N–H and O–H groups in total. The van der Waals surface area contributed by atoms with Crippen LogP contribution in [0, 0.1) is 16.7 Å². The third-order valence-corrected chi connectivity index (χ3v) is 5.24. The number of hydrogen-bond donors (Lipinski definition) is 0. The summed E-state index contributed by atoms with van der Waals surface area (Å²) in [5.41, 5.74) is -0.511. The molecule has 3 nitrogen and oxygen atoms in total. The number of unbranched alkanes of at least 4 members (excludes halogenated alkanes) is 1. The van der Waals surface area contributed by atoms with Crippen molar-refractivity contribution in [2.45, 2.75) is 53.4 Å². The van der Waals surface area contributed by atoms with E-state index in [1.54, 1.807) is 0 Å². The Morgan fingerprint density at radius 2 is 1.94 bits per heavy atom. The molecule has 17 heavy (non-hydrogen) atoms. The van der Waals surface area contributed by atoms with Gasteiger partial charge in [-0.1, -0.05) is 34.1 Å². The molecule has 2 rings (SSSR count). The van der Waals surface area contributed by atoms with Gasteiger partial charge in [0.2, 0.25) is 11.8 Å². The monoisotopic (exact) mass is 237 g/mol. The Balaban J connectivity index is 2.32. The molecule has 96 valence electrons. The highest BCUT2D eigenvalue weighted by Crippen LogP contribution is 2.59. The average molecular weight is 237 g/mol. The summed E-state index contributed by atoms with van der Waals surface area (Å²) < 4.78 is 0. The number of nitrogens with zero attached hydrogens (tertiary/aromatic N) is 1. The van der Waals surface area contributed by atoms with Crippen molar-refractivity contribution in [1.29, 1.82) is 0 Å². The lowest BCUT2D eigenvalue weighted by Gasteiger charge is -2.47. The summed E-state index contributed by atoms with van der Waals surface area (Å²) in [5.74, 6) is 0.181. The first-order chi connectivity index (χ1) is 7.86. The zero-order valence-corrected chi connectivity index (χ0v) is 11.4. The maximum absolute atomic E-state index is 12.5. The molecular formula is C14H23NO2. The molecule has 2 bridgehead atoms. The zero-order valence-electron chi connectivity index (χ0n) is 11.4. The quantitative estimate of drug-likeness (QED) is 0.707. The molecule has 0 aromatic carbocycles. The van der Waals surface area contributed by atoms with E-state index < -0.39 is 0 Å². The molecule has 0 spiro atoms. The number of carbonyl (C=O) groups is 2. The first kappa shape index (κ1) is 12.6. The van der Waals surface area contributed by atoms with Crippen LogP contribution in [-0.4, -0.2) is 23.3 Å². The predicted octanol–water partition coefficient (Wildman–Crippen LogP) is 2.60. The van der Waals surface area contributed by atoms with Crippen LogP contribution in [0.4, 0.5) is 0 Å². The minimum Gasteiger partial charge on any atom is -0.282 e. The summed E-state index contributed by atoms with van der Waals surface area (Å²) in [6.45, 7) is 8.89. The SMILES string of the molecule is CCCCN1C(=O)[C@@H]2CC[C@@](C)(C1=O)C2(C)C. The standard InChI is InChI=1S/C14H23NO2/c1-5-6-9-15-11(16)10-7-8-14(4,12(15)17)13(10,2)3/h10H,5-9H2,1-4H3/t10-,14-/m0/s1. The van der Waals surface area contributed by atoms with E-state index in [-0.39, 0.29) is 28.6 Å². The van der Waals surface area contributed by atoms with Gasteiger partial charge in [-0.3, -0.25) is 14.5 Å². The summed E-state index contributed by atoms with van der Waals surface area (Å²) in [4.78, 5) is 26.4. The normalized spacial score (nSPS) is 35.5. The summed E-state index contributed by atoms with van der Waals surface area (Å²) >= 11 is 0. The number of rotatable bonds is 3. The Labute approximate surface area is 104 Å². The van der Waals surface area contributed by atoms with Gasteiger partial charge in [-0.05, 0) is 24.7 Å². The Hall–Kier alpha value is -0.860. The fourth-order valence-corrected chi connectivity index (χ4v) is 3.43. The lowest BCUT2D eigenvalue weighted by molar-refractivity contribution is -0.167. The van der Waals surface area contributed by atoms with E-state index in [1.165, 1.54) is 4.90 Å². The van der Waals surface area contributed by atoms with Crippen molar-refractivity contribution in [3.8, 4) is 0 Å². The second-order valence-electron chi connectivity index (χ2n) is 6.29. The van der Waals surface area contributed by atoms with Crippen molar-refractivity contribution in [3.05, 3.63) is 0 Å². The first-order valence-electron chi connectivity index (χ1n) is 6.72. The van der Waals surface area contributed by atoms with Gasteiger partial charge in [0.15, 0.2) is 0 Å². The van der Waals surface area contributed by atoms with Crippen molar-refractivity contribution < 1.29 is 9.59 Å². The molecule has 1 aliphatic heterocycles. The summed E-state index contributed by atoms with van der Waals surface area (Å²) in [6.07, 6.45) is 3.66. The molecule has 3 heteroatoms. The molecule has 0 aromatic rings. The molecule has 0 radical (unpaired) electrons. The van der Waals surface area contributed by atoms with Crippen LogP contribution in [-0.2, 0) is 9.59 Å². The first-order valence-corrected chi connectivity index (χ1v) is 6.72. The van der Waals surface area contributed by atoms with Crippen LogP contribution in [0.1, 0.15) is 53.4 Å². The highest BCUT2D eigenvalue weighted by atomic mass is 16.2. The third-order valence-electron chi connectivity index (χ3n) is 5.24. The Morgan fingerprint density at radius 1 is 1.29 bits per heavy atom. The van der Waals surface area contributed by atoms with E-state index in [1.807, 2.05) is 6.92 Å². The van der Waals surface area contributed by atoms with E-state index in [4.69, 9.17) is 0 Å². The third kappa shape index (κ3) is 1.47. The van der Waals surface area contributed by atoms with Crippen LogP contribution in [0.15, 0.2) is 0 Å². The second kappa shape index (κ2) is 3.82. The molecule has 1 saturated carbocycles. The van der Waals surface area contributed by atoms with Crippen molar-refractivity contribution >= 4 is 11.8 Å². The van der Waals surface area contributed by atoms with Crippen molar-refractivity contribution in [2.75, 3.05) is 6.54 Å². The maximum Gasteiger partial charge on any atom is 0.235 e. The van der Waals surface area contributed by atoms with E-state index >= 15 is 0 Å². The highest BCUT2D eigenvalue weighted by Gasteiger charge is 2.64. The fourth-order valence-electron chi connectivity index (χ4n) is 3.43. The molecule has 2 fully saturated rings. The minimum absolute atomic E-state index is 0.0436. The van der Waals surface area contributed by atoms with Gasteiger partial charge in [0.05, 0.1) is 5.41 Å². The molecule has 1 aliphatic carbocycles. The van der Waals surface area contributed by atoms with Gasteiger partial charge in [-0.2, -0.15) is 0 Å². The van der Waals surface area contributed by atoms with E-state index in [0.29, 0.717) is 6.54 Å². The molecule has 0 aromatic heterocycles. The highest BCUT2D eigenvalue weighted by molar-refractivity contribution is 6.03. The van der Waals surface area contributed by atoms with Gasteiger partial charge >= 0.3 is 0 Å². The predicted molar refractivity (Wildman–Crippen MR) is 66.2 cm³/mol. The minimum atomic E-state index is -0.334. The van der Waals surface area contributed by atoms with Gasteiger partial charge < -0.3 is 0 Å². The Morgan fingerprint density at radius 3 is 2.53 bits per heavy atom. The van der Waals surface area contributed by atoms with Gasteiger partial charge in [-0.15, -0.1) is 0 Å². The number of fused-ring (bicyclic) bond motifs is 2. The second-order valence-corrected chi connectivity index (χ2v) is 6.29. The number of amides is 2. The van der Waals surface area contributed by atoms with E-state index in [0.717, 1.165) is 25.7 Å². The number of imide groups is 1. The molecule has 2 amide bonds. The van der Waals surface area contributed by atoms with Gasteiger partial charge in [0.1, 0.15) is 0 Å². The van der Waals surface area contributed by atoms with Crippen LogP contribution >= 0.6 is 0 Å². The Bertz CT molecular complexity index is 361. The molecular weight excluding hydrogens is 214 g/mol. The van der Waals surface area contributed by atoms with Crippen LogP contribution < -0.4 is 0 Å². The largest absolute Gasteiger partial charge is 0.282 e. The lowest BCUT2D eigenvalue weighted by atomic mass is 9.62. The smallest absolute Gasteiger partial charge is 0.235 e. The van der Waals surface area contributed by atoms with Crippen LogP contribution in [0.25, 0.3) is 0 Å². The van der Waals surface area contributed by atoms with Crippen LogP contribution in [0.2, 0.25) is 0 Å². The fraction of sp³-hybridized carbons (Fsp3) is 0.857. The molecule has 2 atom stereocenters. The topological polar surface area (TPSA) is 37.4 Å². The van der Waals surface area contributed by atoms with Gasteiger partial charge in [0.25, 0.3) is 0 Å². The number of hydrogen-bond acceptors (Lipinski definition) is 2. The van der Waals surface area contributed by atoms with Crippen molar-refractivity contribution in [3.63, 3.8) is 0 Å². The molecule has 0 unspecified atom stereocenters. The van der Waals surface area contributed by atoms with Crippen molar-refractivity contribution in [1.82, 2.24) is 4.90 Å². The maximum atomic E-state index is 12.5. The molecule has 2 aliphatic rings. The van der Waals surface area contributed by atoms with E-state index in [9.17, 15) is 9.59 Å². The number of carbonyl (C=O) groups excluding carboxylic acids is 2. The molecule has 1 saturated heterocycles. The van der Waals surface area contributed by atoms with Crippen LogP contribution in [0.3, 0.4) is 0 Å². The lowest BCUT2D eigenvalue weighted by Crippen LogP contribution is -2.59. The summed E-state index contributed by atoms with van der Waals surface area (Å²) in [6, 6.07) is 0. The Kier molecular flexibility index (Phi) is 2.83. The van der Waals surface area contributed by atoms with Crippen molar-refractivity contribution in [2.24, 2.45) is 16.7 Å². The van der Waals surface area contributed by atoms with Crippen LogP contribution in [0.5, 0.6) is 0 Å². The average Bonchev–Trinajstić information content (AvgIpc) is 2.45. The zero-order chi connectivity index (χ0) is 12.8. The van der Waals surface area contributed by atoms with Gasteiger partial charge in [-0.25, -0.2) is 0 Å². The molecule has 1 heterocycles. The number of likely N-dealkylation sites (tertiary alicyclic amines) is 1.